The predicted octanol–water partition coefficient (Wildman–Crippen LogP) is 2.29. The summed E-state index contributed by atoms with van der Waals surface area (Å²) < 4.78 is 4.48. The fraction of sp³-hybridized carbons (Fsp3) is 0.462. The average molecular weight is 203 g/mol. The van der Waals surface area contributed by atoms with Gasteiger partial charge in [0, 0.05) is 13.3 Å². The molecule has 1 aliphatic carbocycles. The molecular formula is C13H19N2+. The minimum Gasteiger partial charge on any atom is -0.237 e. The minimum absolute atomic E-state index is 1.10. The van der Waals surface area contributed by atoms with Gasteiger partial charge in [-0.3, -0.25) is 0 Å². The molecule has 0 radical (unpaired) electrons. The monoisotopic (exact) mass is 203 g/mol. The third-order valence-electron chi connectivity index (χ3n) is 3.16. The van der Waals surface area contributed by atoms with Gasteiger partial charge in [0.2, 0.25) is 0 Å². The van der Waals surface area contributed by atoms with E-state index in [1.54, 1.807) is 5.57 Å². The Balaban J connectivity index is 1.93. The highest BCUT2D eigenvalue weighted by Crippen LogP contribution is 2.15. The van der Waals surface area contributed by atoms with Gasteiger partial charge in [-0.05, 0) is 12.8 Å². The van der Waals surface area contributed by atoms with E-state index < -0.39 is 0 Å². The third kappa shape index (κ3) is 2.38. The molecule has 0 N–H and O–H groups in total. The van der Waals surface area contributed by atoms with Gasteiger partial charge in [-0.1, -0.05) is 23.8 Å². The molecule has 2 nitrogen and oxygen atoms in total. The van der Waals surface area contributed by atoms with Crippen LogP contribution < -0.4 is 4.57 Å². The summed E-state index contributed by atoms with van der Waals surface area (Å²) in [6.07, 6.45) is 14.6. The Morgan fingerprint density at radius 2 is 2.27 bits per heavy atom. The number of allylic oxidation sites excluding steroid dienone is 4. The van der Waals surface area contributed by atoms with Crippen molar-refractivity contribution in [2.75, 3.05) is 0 Å². The first-order chi connectivity index (χ1) is 7.27. The highest BCUT2D eigenvalue weighted by Gasteiger charge is 2.09. The van der Waals surface area contributed by atoms with Crippen molar-refractivity contribution in [2.45, 2.75) is 32.7 Å². The third-order valence-corrected chi connectivity index (χ3v) is 3.16. The fourth-order valence-electron chi connectivity index (χ4n) is 1.95. The number of aryl methyl sites for hydroxylation is 2. The molecule has 0 spiro atoms. The van der Waals surface area contributed by atoms with Gasteiger partial charge in [-0.15, -0.1) is 0 Å². The van der Waals surface area contributed by atoms with Crippen molar-refractivity contribution in [3.8, 4) is 0 Å². The van der Waals surface area contributed by atoms with Gasteiger partial charge >= 0.3 is 0 Å². The zero-order chi connectivity index (χ0) is 10.7. The number of hydrogen-bond acceptors (Lipinski definition) is 0. The number of hydrogen-bond donors (Lipinski definition) is 0. The van der Waals surface area contributed by atoms with E-state index in [-0.39, 0.29) is 0 Å². The van der Waals surface area contributed by atoms with Crippen LogP contribution in [0.1, 0.15) is 25.1 Å². The Morgan fingerprint density at radius 3 is 2.87 bits per heavy atom. The summed E-state index contributed by atoms with van der Waals surface area (Å²) in [7, 11) is 2.09. The van der Waals surface area contributed by atoms with Crippen molar-refractivity contribution in [3.05, 3.63) is 42.0 Å². The van der Waals surface area contributed by atoms with E-state index in [2.05, 4.69) is 53.7 Å². The number of rotatable bonds is 3. The highest BCUT2D eigenvalue weighted by molar-refractivity contribution is 5.14. The largest absolute Gasteiger partial charge is 0.253 e. The molecule has 80 valence electrons. The molecule has 0 aliphatic heterocycles. The van der Waals surface area contributed by atoms with E-state index in [9.17, 15) is 0 Å². The van der Waals surface area contributed by atoms with E-state index in [1.807, 2.05) is 0 Å². The topological polar surface area (TPSA) is 8.81 Å². The molecule has 0 bridgehead atoms. The van der Waals surface area contributed by atoms with E-state index >= 15 is 0 Å². The zero-order valence-electron chi connectivity index (χ0n) is 9.61. The lowest BCUT2D eigenvalue weighted by molar-refractivity contribution is -0.677. The van der Waals surface area contributed by atoms with Gasteiger partial charge in [0.05, 0.1) is 13.6 Å². The van der Waals surface area contributed by atoms with Crippen LogP contribution >= 0.6 is 0 Å². The molecule has 1 aliphatic rings. The Kier molecular flexibility index (Phi) is 3.05. The minimum atomic E-state index is 1.10. The standard InChI is InChI=1S/C13H19N2/c1-12-14(2)10-11-15(12)9-8-13-6-4-3-5-7-13/h3-4,7,10-11H,5-6,8-9H2,1-2H3/q+1. The lowest BCUT2D eigenvalue weighted by atomic mass is 10.0. The summed E-state index contributed by atoms with van der Waals surface area (Å²) in [6, 6.07) is 0. The molecule has 0 unspecified atom stereocenters. The zero-order valence-corrected chi connectivity index (χ0v) is 9.61. The van der Waals surface area contributed by atoms with Crippen molar-refractivity contribution in [3.63, 3.8) is 0 Å². The van der Waals surface area contributed by atoms with E-state index in [0.717, 1.165) is 19.4 Å². The smallest absolute Gasteiger partial charge is 0.237 e. The lowest BCUT2D eigenvalue weighted by Gasteiger charge is -2.07. The molecule has 0 saturated heterocycles. The molecule has 1 aromatic heterocycles. The molecule has 0 aromatic carbocycles. The number of aromatic nitrogens is 2. The summed E-state index contributed by atoms with van der Waals surface area (Å²) in [4.78, 5) is 0. The van der Waals surface area contributed by atoms with Crippen molar-refractivity contribution in [1.29, 1.82) is 0 Å². The van der Waals surface area contributed by atoms with Crippen LogP contribution in [-0.2, 0) is 13.6 Å². The molecule has 0 fully saturated rings. The number of imidazole rings is 1. The van der Waals surface area contributed by atoms with Crippen LogP contribution in [0.4, 0.5) is 0 Å². The molecule has 1 heterocycles. The lowest BCUT2D eigenvalue weighted by Crippen LogP contribution is -2.29. The molecule has 0 amide bonds. The molecule has 2 heteroatoms. The molecule has 1 aromatic rings. The van der Waals surface area contributed by atoms with Crippen LogP contribution in [0.15, 0.2) is 36.2 Å². The second kappa shape index (κ2) is 4.47. The van der Waals surface area contributed by atoms with Gasteiger partial charge in [-0.2, -0.15) is 0 Å². The first-order valence-corrected chi connectivity index (χ1v) is 5.61. The summed E-state index contributed by atoms with van der Waals surface area (Å²) in [5.41, 5.74) is 1.58. The van der Waals surface area contributed by atoms with Gasteiger partial charge in [0.15, 0.2) is 0 Å². The predicted molar refractivity (Wildman–Crippen MR) is 61.4 cm³/mol. The van der Waals surface area contributed by atoms with Crippen LogP contribution in [0.5, 0.6) is 0 Å². The maximum atomic E-state index is 2.36. The van der Waals surface area contributed by atoms with Gasteiger partial charge in [0.25, 0.3) is 5.82 Å². The SMILES string of the molecule is Cc1n(CCC2=CCC=CC2)cc[n+]1C. The van der Waals surface area contributed by atoms with Crippen LogP contribution in [-0.4, -0.2) is 4.57 Å². The molecule has 2 rings (SSSR count). The molecular weight excluding hydrogens is 184 g/mol. The quantitative estimate of drug-likeness (QED) is 0.526. The summed E-state index contributed by atoms with van der Waals surface area (Å²) >= 11 is 0. The highest BCUT2D eigenvalue weighted by atomic mass is 15.1. The van der Waals surface area contributed by atoms with E-state index in [0.29, 0.717) is 0 Å². The van der Waals surface area contributed by atoms with Gasteiger partial charge < -0.3 is 0 Å². The second-order valence-electron chi connectivity index (χ2n) is 4.17. The van der Waals surface area contributed by atoms with Crippen molar-refractivity contribution < 1.29 is 4.57 Å². The Morgan fingerprint density at radius 1 is 1.40 bits per heavy atom. The van der Waals surface area contributed by atoms with Crippen molar-refractivity contribution >= 4 is 0 Å². The van der Waals surface area contributed by atoms with Crippen LogP contribution in [0.2, 0.25) is 0 Å². The second-order valence-corrected chi connectivity index (χ2v) is 4.17. The van der Waals surface area contributed by atoms with Crippen LogP contribution in [0, 0.1) is 6.92 Å². The van der Waals surface area contributed by atoms with Crippen LogP contribution in [0.3, 0.4) is 0 Å². The van der Waals surface area contributed by atoms with Gasteiger partial charge in [0.1, 0.15) is 12.4 Å². The average Bonchev–Trinajstić information content (AvgIpc) is 2.59. The Bertz CT molecular complexity index is 397. The first kappa shape index (κ1) is 10.2. The fourth-order valence-corrected chi connectivity index (χ4v) is 1.95. The Hall–Kier alpha value is -1.31. The summed E-state index contributed by atoms with van der Waals surface area (Å²) in [6.45, 7) is 3.27. The van der Waals surface area contributed by atoms with Crippen molar-refractivity contribution in [2.24, 2.45) is 7.05 Å². The van der Waals surface area contributed by atoms with Crippen LogP contribution in [0.25, 0.3) is 0 Å². The molecule has 15 heavy (non-hydrogen) atoms. The normalized spacial score (nSPS) is 15.5. The van der Waals surface area contributed by atoms with Gasteiger partial charge in [-0.25, -0.2) is 9.13 Å². The molecule has 0 atom stereocenters. The summed E-state index contributed by atoms with van der Waals surface area (Å²) in [5, 5.41) is 0. The Labute approximate surface area is 91.5 Å². The first-order valence-electron chi connectivity index (χ1n) is 5.61. The molecule has 0 saturated carbocycles. The maximum absolute atomic E-state index is 2.36. The van der Waals surface area contributed by atoms with E-state index in [4.69, 9.17) is 0 Å². The van der Waals surface area contributed by atoms with E-state index in [1.165, 1.54) is 12.2 Å². The summed E-state index contributed by atoms with van der Waals surface area (Å²) in [5.74, 6) is 1.32. The van der Waals surface area contributed by atoms with Crippen molar-refractivity contribution in [1.82, 2.24) is 4.57 Å². The number of nitrogens with zero attached hydrogens (tertiary/aromatic N) is 2. The maximum Gasteiger partial charge on any atom is 0.253 e.